The number of aryl methyl sites for hydroxylation is 1. The van der Waals surface area contributed by atoms with Gasteiger partial charge < -0.3 is 10.2 Å². The molecule has 0 fully saturated rings. The second-order valence-electron chi connectivity index (χ2n) is 3.58. The lowest BCUT2D eigenvalue weighted by Crippen LogP contribution is -2.38. The molecule has 1 N–H and O–H groups in total. The molecule has 1 aliphatic rings. The molecule has 1 amide bonds. The molecule has 0 spiro atoms. The highest BCUT2D eigenvalue weighted by molar-refractivity contribution is 6.01. The molecule has 1 aromatic rings. The van der Waals surface area contributed by atoms with Crippen molar-refractivity contribution in [2.75, 3.05) is 23.3 Å². The van der Waals surface area contributed by atoms with Crippen molar-refractivity contribution < 1.29 is 4.79 Å². The average Bonchev–Trinajstić information content (AvgIpc) is 2.19. The molecule has 0 atom stereocenters. The number of rotatable bonds is 1. The number of hydrogen-bond acceptors (Lipinski definition) is 3. The van der Waals surface area contributed by atoms with Crippen LogP contribution in [0.5, 0.6) is 0 Å². The minimum Gasteiger partial charge on any atom is -0.347 e. The molecular weight excluding hydrogens is 190 g/mol. The lowest BCUT2D eigenvalue weighted by Gasteiger charge is -2.29. The maximum absolute atomic E-state index is 11.3. The SMILES string of the molecule is Cc1ccc2c(c1)N(CC#N)CC(=O)N2. The van der Waals surface area contributed by atoms with Crippen LogP contribution in [0.3, 0.4) is 0 Å². The average molecular weight is 201 g/mol. The molecule has 1 aliphatic heterocycles. The van der Waals surface area contributed by atoms with E-state index in [1.807, 2.05) is 25.1 Å². The van der Waals surface area contributed by atoms with E-state index in [1.54, 1.807) is 4.90 Å². The van der Waals surface area contributed by atoms with Crippen LogP contribution in [0.25, 0.3) is 0 Å². The van der Waals surface area contributed by atoms with Crippen LogP contribution in [0.2, 0.25) is 0 Å². The van der Waals surface area contributed by atoms with Crippen molar-refractivity contribution in [1.29, 1.82) is 5.26 Å². The van der Waals surface area contributed by atoms with Crippen LogP contribution in [0.15, 0.2) is 18.2 Å². The fraction of sp³-hybridized carbons (Fsp3) is 0.273. The minimum atomic E-state index is -0.0680. The Kier molecular flexibility index (Phi) is 2.30. The Morgan fingerprint density at radius 3 is 3.13 bits per heavy atom. The third-order valence-electron chi connectivity index (χ3n) is 2.36. The number of nitrogens with one attached hydrogen (secondary N) is 1. The molecule has 0 aliphatic carbocycles. The fourth-order valence-corrected chi connectivity index (χ4v) is 1.68. The van der Waals surface area contributed by atoms with Gasteiger partial charge in [0.1, 0.15) is 6.54 Å². The zero-order chi connectivity index (χ0) is 10.8. The molecular formula is C11H11N3O. The first kappa shape index (κ1) is 9.53. The van der Waals surface area contributed by atoms with E-state index in [1.165, 1.54) is 0 Å². The molecule has 0 saturated carbocycles. The minimum absolute atomic E-state index is 0.0680. The molecule has 0 unspecified atom stereocenters. The Morgan fingerprint density at radius 1 is 1.60 bits per heavy atom. The van der Waals surface area contributed by atoms with Crippen LogP contribution >= 0.6 is 0 Å². The highest BCUT2D eigenvalue weighted by Crippen LogP contribution is 2.29. The topological polar surface area (TPSA) is 56.1 Å². The molecule has 2 rings (SSSR count). The van der Waals surface area contributed by atoms with Gasteiger partial charge in [-0.3, -0.25) is 4.79 Å². The van der Waals surface area contributed by atoms with E-state index < -0.39 is 0 Å². The summed E-state index contributed by atoms with van der Waals surface area (Å²) in [6, 6.07) is 7.85. The van der Waals surface area contributed by atoms with E-state index in [-0.39, 0.29) is 19.0 Å². The van der Waals surface area contributed by atoms with Gasteiger partial charge in [-0.25, -0.2) is 0 Å². The second kappa shape index (κ2) is 3.62. The number of carbonyl (C=O) groups excluding carboxylic acids is 1. The van der Waals surface area contributed by atoms with Crippen LogP contribution in [-0.4, -0.2) is 19.0 Å². The van der Waals surface area contributed by atoms with Crippen molar-refractivity contribution in [3.8, 4) is 6.07 Å². The summed E-state index contributed by atoms with van der Waals surface area (Å²) in [5.41, 5.74) is 2.83. The van der Waals surface area contributed by atoms with Crippen LogP contribution < -0.4 is 10.2 Å². The summed E-state index contributed by atoms with van der Waals surface area (Å²) in [4.78, 5) is 13.1. The first-order chi connectivity index (χ1) is 7.20. The Labute approximate surface area is 88.1 Å². The number of amides is 1. The number of hydrogen-bond donors (Lipinski definition) is 1. The van der Waals surface area contributed by atoms with Crippen molar-refractivity contribution in [3.05, 3.63) is 23.8 Å². The van der Waals surface area contributed by atoms with Crippen molar-refractivity contribution in [1.82, 2.24) is 0 Å². The normalized spacial score (nSPS) is 14.1. The summed E-state index contributed by atoms with van der Waals surface area (Å²) in [5.74, 6) is -0.0680. The monoisotopic (exact) mass is 201 g/mol. The van der Waals surface area contributed by atoms with Gasteiger partial charge in [0.25, 0.3) is 0 Å². The predicted octanol–water partition coefficient (Wildman–Crippen LogP) is 1.28. The number of carbonyl (C=O) groups is 1. The quantitative estimate of drug-likeness (QED) is 0.696. The summed E-state index contributed by atoms with van der Waals surface area (Å²) in [6.07, 6.45) is 0. The van der Waals surface area contributed by atoms with Crippen molar-refractivity contribution in [2.24, 2.45) is 0 Å². The number of nitrogens with zero attached hydrogens (tertiary/aromatic N) is 2. The molecule has 4 heteroatoms. The second-order valence-corrected chi connectivity index (χ2v) is 3.58. The lowest BCUT2D eigenvalue weighted by molar-refractivity contribution is -0.115. The molecule has 0 radical (unpaired) electrons. The zero-order valence-electron chi connectivity index (χ0n) is 8.45. The van der Waals surface area contributed by atoms with Gasteiger partial charge in [-0.05, 0) is 24.6 Å². The van der Waals surface area contributed by atoms with Crippen LogP contribution in [0.4, 0.5) is 11.4 Å². The summed E-state index contributed by atoms with van der Waals surface area (Å²) in [7, 11) is 0. The van der Waals surface area contributed by atoms with Crippen molar-refractivity contribution in [3.63, 3.8) is 0 Å². The third kappa shape index (κ3) is 1.77. The number of nitriles is 1. The van der Waals surface area contributed by atoms with Crippen LogP contribution in [0, 0.1) is 18.3 Å². The predicted molar refractivity (Wildman–Crippen MR) is 57.6 cm³/mol. The van der Waals surface area contributed by atoms with Gasteiger partial charge in [0.15, 0.2) is 0 Å². The molecule has 0 saturated heterocycles. The van der Waals surface area contributed by atoms with Crippen molar-refractivity contribution >= 4 is 17.3 Å². The van der Waals surface area contributed by atoms with Crippen molar-refractivity contribution in [2.45, 2.75) is 6.92 Å². The van der Waals surface area contributed by atoms with Gasteiger partial charge in [0.05, 0.1) is 24.0 Å². The van der Waals surface area contributed by atoms with E-state index in [9.17, 15) is 4.79 Å². The first-order valence-electron chi connectivity index (χ1n) is 4.73. The number of anilines is 2. The number of benzene rings is 1. The standard InChI is InChI=1S/C11H11N3O/c1-8-2-3-9-10(6-8)14(5-4-12)7-11(15)13-9/h2-3,6H,5,7H2,1H3,(H,13,15). The third-order valence-corrected chi connectivity index (χ3v) is 2.36. The Bertz CT molecular complexity index is 448. The zero-order valence-corrected chi connectivity index (χ0v) is 8.45. The van der Waals surface area contributed by atoms with E-state index >= 15 is 0 Å². The van der Waals surface area contributed by atoms with E-state index in [4.69, 9.17) is 5.26 Å². The fourth-order valence-electron chi connectivity index (χ4n) is 1.68. The largest absolute Gasteiger partial charge is 0.347 e. The van der Waals surface area contributed by atoms with Gasteiger partial charge >= 0.3 is 0 Å². The van der Waals surface area contributed by atoms with Gasteiger partial charge in [-0.1, -0.05) is 6.07 Å². The smallest absolute Gasteiger partial charge is 0.243 e. The van der Waals surface area contributed by atoms with Crippen LogP contribution in [0.1, 0.15) is 5.56 Å². The lowest BCUT2D eigenvalue weighted by atomic mass is 10.1. The highest BCUT2D eigenvalue weighted by atomic mass is 16.2. The van der Waals surface area contributed by atoms with E-state index in [0.717, 1.165) is 16.9 Å². The molecule has 4 nitrogen and oxygen atoms in total. The summed E-state index contributed by atoms with van der Waals surface area (Å²) in [6.45, 7) is 2.48. The van der Waals surface area contributed by atoms with Crippen LogP contribution in [-0.2, 0) is 4.79 Å². The van der Waals surface area contributed by atoms with Gasteiger partial charge in [-0.15, -0.1) is 0 Å². The number of fused-ring (bicyclic) bond motifs is 1. The highest BCUT2D eigenvalue weighted by Gasteiger charge is 2.21. The van der Waals surface area contributed by atoms with E-state index in [0.29, 0.717) is 0 Å². The Hall–Kier alpha value is -2.02. The van der Waals surface area contributed by atoms with E-state index in [2.05, 4.69) is 11.4 Å². The molecule has 0 bridgehead atoms. The van der Waals surface area contributed by atoms with Gasteiger partial charge in [-0.2, -0.15) is 5.26 Å². The molecule has 1 aromatic carbocycles. The molecule has 1 heterocycles. The van der Waals surface area contributed by atoms with Gasteiger partial charge in [0, 0.05) is 0 Å². The maximum Gasteiger partial charge on any atom is 0.243 e. The first-order valence-corrected chi connectivity index (χ1v) is 4.73. The maximum atomic E-state index is 11.3. The summed E-state index contributed by atoms with van der Waals surface area (Å²) >= 11 is 0. The molecule has 15 heavy (non-hydrogen) atoms. The molecule has 0 aromatic heterocycles. The van der Waals surface area contributed by atoms with Gasteiger partial charge in [0.2, 0.25) is 5.91 Å². The summed E-state index contributed by atoms with van der Waals surface area (Å²) in [5, 5.41) is 11.5. The summed E-state index contributed by atoms with van der Waals surface area (Å²) < 4.78 is 0. The Morgan fingerprint density at radius 2 is 2.40 bits per heavy atom. The Balaban J connectivity index is 2.43. The molecule has 76 valence electrons.